The Kier molecular flexibility index (Phi) is 9.57. The first-order valence-corrected chi connectivity index (χ1v) is 15.3. The molecule has 3 aromatic rings. The predicted octanol–water partition coefficient (Wildman–Crippen LogP) is 4.16. The molecule has 0 bridgehead atoms. The maximum absolute atomic E-state index is 13.2. The first kappa shape index (κ1) is 31.8. The second-order valence-corrected chi connectivity index (χ2v) is 12.1. The van der Waals surface area contributed by atoms with Gasteiger partial charge in [-0.25, -0.2) is 9.97 Å². The minimum Gasteiger partial charge on any atom is -0.481 e. The molecular weight excluding hydrogens is 570 g/mol. The normalized spacial score (nSPS) is 17.4. The van der Waals surface area contributed by atoms with Crippen LogP contribution in [-0.4, -0.2) is 93.7 Å². The molecule has 45 heavy (non-hydrogen) atoms. The van der Waals surface area contributed by atoms with Gasteiger partial charge in [0.05, 0.1) is 17.5 Å². The van der Waals surface area contributed by atoms with Gasteiger partial charge in [0, 0.05) is 58.7 Å². The van der Waals surface area contributed by atoms with Gasteiger partial charge in [-0.3, -0.25) is 24.3 Å². The highest BCUT2D eigenvalue weighted by atomic mass is 16.5. The Bertz CT molecular complexity index is 1590. The van der Waals surface area contributed by atoms with Gasteiger partial charge >= 0.3 is 0 Å². The second kappa shape index (κ2) is 13.6. The average molecular weight is 612 g/mol. The molecule has 0 aromatic carbocycles. The summed E-state index contributed by atoms with van der Waals surface area (Å²) in [6.45, 7) is 11.9. The molecule has 1 aliphatic heterocycles. The third kappa shape index (κ3) is 7.54. The first-order chi connectivity index (χ1) is 21.5. The van der Waals surface area contributed by atoms with Gasteiger partial charge in [0.1, 0.15) is 17.3 Å². The Morgan fingerprint density at radius 1 is 1.07 bits per heavy atom. The van der Waals surface area contributed by atoms with E-state index in [1.165, 1.54) is 35.6 Å². The van der Waals surface area contributed by atoms with Gasteiger partial charge in [0.2, 0.25) is 5.91 Å². The number of pyridine rings is 3. The van der Waals surface area contributed by atoms with E-state index in [1.807, 2.05) is 31.0 Å². The molecule has 0 unspecified atom stereocenters. The van der Waals surface area contributed by atoms with Crippen molar-refractivity contribution in [3.63, 3.8) is 0 Å². The highest BCUT2D eigenvalue weighted by molar-refractivity contribution is 6.04. The number of ether oxygens (including phenoxy) is 1. The number of nitrogens with one attached hydrogen (secondary N) is 1. The van der Waals surface area contributed by atoms with Crippen molar-refractivity contribution in [3.8, 4) is 5.75 Å². The van der Waals surface area contributed by atoms with Crippen LogP contribution < -0.4 is 10.1 Å². The van der Waals surface area contributed by atoms with E-state index in [1.54, 1.807) is 39.3 Å². The summed E-state index contributed by atoms with van der Waals surface area (Å²) in [4.78, 5) is 56.8. The zero-order chi connectivity index (χ0) is 32.2. The molecule has 0 radical (unpaired) electrons. The highest BCUT2D eigenvalue weighted by Crippen LogP contribution is 2.40. The number of nitrogens with zero attached hydrogens (tertiary/aromatic N) is 6. The van der Waals surface area contributed by atoms with Crippen molar-refractivity contribution < 1.29 is 19.1 Å². The topological polar surface area (TPSA) is 121 Å². The van der Waals surface area contributed by atoms with Crippen molar-refractivity contribution >= 4 is 23.5 Å². The Labute approximate surface area is 264 Å². The minimum absolute atomic E-state index is 0.0413. The number of hydrogen-bond donors (Lipinski definition) is 1. The Morgan fingerprint density at radius 2 is 1.84 bits per heavy atom. The highest BCUT2D eigenvalue weighted by Gasteiger charge is 2.30. The molecular formula is C34H41N7O4. The summed E-state index contributed by atoms with van der Waals surface area (Å²) >= 11 is 0. The maximum atomic E-state index is 13.2. The van der Waals surface area contributed by atoms with Gasteiger partial charge in [-0.15, -0.1) is 0 Å². The van der Waals surface area contributed by atoms with Crippen molar-refractivity contribution in [3.05, 3.63) is 89.2 Å². The molecule has 236 valence electrons. The quantitative estimate of drug-likeness (QED) is 0.340. The van der Waals surface area contributed by atoms with Crippen molar-refractivity contribution in [1.29, 1.82) is 0 Å². The lowest BCUT2D eigenvalue weighted by molar-refractivity contribution is -0.130. The summed E-state index contributed by atoms with van der Waals surface area (Å²) < 4.78 is 6.51. The van der Waals surface area contributed by atoms with E-state index in [0.717, 1.165) is 5.69 Å². The summed E-state index contributed by atoms with van der Waals surface area (Å²) in [5.74, 6) is 0.864. The van der Waals surface area contributed by atoms with Gasteiger partial charge in [0.15, 0.2) is 6.10 Å². The van der Waals surface area contributed by atoms with Crippen LogP contribution in [-0.2, 0) is 4.79 Å². The number of aromatic nitrogens is 3. The number of anilines is 1. The molecule has 2 atom stereocenters. The van der Waals surface area contributed by atoms with Crippen molar-refractivity contribution in [2.75, 3.05) is 45.6 Å². The molecule has 11 nitrogen and oxygen atoms in total. The van der Waals surface area contributed by atoms with Gasteiger partial charge in [-0.2, -0.15) is 0 Å². The number of amides is 3. The van der Waals surface area contributed by atoms with Crippen LogP contribution in [0.2, 0.25) is 0 Å². The summed E-state index contributed by atoms with van der Waals surface area (Å²) in [5, 5.41) is 2.81. The van der Waals surface area contributed by atoms with E-state index < -0.39 is 5.91 Å². The third-order valence-corrected chi connectivity index (χ3v) is 8.29. The van der Waals surface area contributed by atoms with Crippen LogP contribution in [0.1, 0.15) is 75.0 Å². The molecule has 0 spiro atoms. The van der Waals surface area contributed by atoms with Crippen LogP contribution >= 0.6 is 0 Å². The van der Waals surface area contributed by atoms with Gasteiger partial charge in [-0.1, -0.05) is 12.6 Å². The monoisotopic (exact) mass is 611 g/mol. The molecule has 1 saturated carbocycles. The van der Waals surface area contributed by atoms with E-state index in [-0.39, 0.29) is 29.7 Å². The lowest BCUT2D eigenvalue weighted by Crippen LogP contribution is -2.54. The SMILES string of the molecule is C=CC(=O)N1CCN(C[C@H](Oc2cnc(C(=O)Nc3ncc(C(=O)N(C)C)cc3C)c(C)c2)c2ccc(C3CC3)cn2)C[C@H]1C. The Morgan fingerprint density at radius 3 is 2.44 bits per heavy atom. The molecule has 1 saturated heterocycles. The molecule has 5 rings (SSSR count). The van der Waals surface area contributed by atoms with Crippen LogP contribution in [0.4, 0.5) is 5.82 Å². The van der Waals surface area contributed by atoms with E-state index >= 15 is 0 Å². The number of carbonyl (C=O) groups is 3. The van der Waals surface area contributed by atoms with Gasteiger partial charge in [0.25, 0.3) is 11.8 Å². The lowest BCUT2D eigenvalue weighted by Gasteiger charge is -2.40. The van der Waals surface area contributed by atoms with Crippen molar-refractivity contribution in [1.82, 2.24) is 29.7 Å². The summed E-state index contributed by atoms with van der Waals surface area (Å²) in [6, 6.07) is 7.71. The van der Waals surface area contributed by atoms with Crippen LogP contribution in [0.15, 0.2) is 55.5 Å². The fourth-order valence-corrected chi connectivity index (χ4v) is 5.60. The molecule has 1 N–H and O–H groups in total. The van der Waals surface area contributed by atoms with Crippen LogP contribution in [0.5, 0.6) is 5.75 Å². The Balaban J connectivity index is 1.30. The minimum atomic E-state index is -0.406. The first-order valence-electron chi connectivity index (χ1n) is 15.3. The molecule has 1 aliphatic carbocycles. The summed E-state index contributed by atoms with van der Waals surface area (Å²) in [6.07, 6.45) is 8.33. The number of carbonyl (C=O) groups excluding carboxylic acids is 3. The van der Waals surface area contributed by atoms with Crippen molar-refractivity contribution in [2.45, 2.75) is 51.7 Å². The van der Waals surface area contributed by atoms with E-state index in [9.17, 15) is 14.4 Å². The zero-order valence-electron chi connectivity index (χ0n) is 26.6. The van der Waals surface area contributed by atoms with Gasteiger partial charge in [-0.05, 0) is 80.5 Å². The average Bonchev–Trinajstić information content (AvgIpc) is 3.87. The lowest BCUT2D eigenvalue weighted by atomic mass is 10.1. The molecule has 4 heterocycles. The fourth-order valence-electron chi connectivity index (χ4n) is 5.60. The third-order valence-electron chi connectivity index (χ3n) is 8.29. The number of hydrogen-bond acceptors (Lipinski definition) is 8. The molecule has 2 fully saturated rings. The largest absolute Gasteiger partial charge is 0.481 e. The van der Waals surface area contributed by atoms with E-state index in [2.05, 4.69) is 32.8 Å². The molecule has 3 aromatic heterocycles. The van der Waals surface area contributed by atoms with E-state index in [0.29, 0.717) is 60.4 Å². The maximum Gasteiger partial charge on any atom is 0.275 e. The predicted molar refractivity (Wildman–Crippen MR) is 171 cm³/mol. The van der Waals surface area contributed by atoms with Crippen LogP contribution in [0.3, 0.4) is 0 Å². The number of aryl methyl sites for hydroxylation is 2. The number of piperazine rings is 1. The second-order valence-electron chi connectivity index (χ2n) is 12.1. The molecule has 11 heteroatoms. The standard InChI is InChI=1S/C34H41N7O4/c1-7-30(42)41-13-12-40(19-23(41)4)20-29(28-11-10-25(16-35-28)24-8-9-24)45-27-15-21(2)31(36-18-27)33(43)38-32-22(3)14-26(17-37-32)34(44)39(5)6/h7,10-11,14-18,23-24,29H,1,8-9,12-13,19-20H2,2-6H3,(H,37,38,43)/t23-,29+/m1/s1. The summed E-state index contributed by atoms with van der Waals surface area (Å²) in [7, 11) is 3.35. The smallest absolute Gasteiger partial charge is 0.275 e. The molecule has 2 aliphatic rings. The molecule has 3 amide bonds. The summed E-state index contributed by atoms with van der Waals surface area (Å²) in [5.41, 5.74) is 4.06. The van der Waals surface area contributed by atoms with Gasteiger partial charge < -0.3 is 19.9 Å². The van der Waals surface area contributed by atoms with E-state index in [4.69, 9.17) is 9.72 Å². The number of rotatable bonds is 10. The van der Waals surface area contributed by atoms with Crippen molar-refractivity contribution in [2.24, 2.45) is 0 Å². The van der Waals surface area contributed by atoms with Crippen LogP contribution in [0, 0.1) is 13.8 Å². The fraction of sp³-hybridized carbons (Fsp3) is 0.412. The van der Waals surface area contributed by atoms with Crippen LogP contribution in [0.25, 0.3) is 0 Å². The Hall–Kier alpha value is -4.64. The zero-order valence-corrected chi connectivity index (χ0v) is 26.6.